The highest BCUT2D eigenvalue weighted by Gasteiger charge is 1.87. The van der Waals surface area contributed by atoms with Crippen molar-refractivity contribution >= 4 is 5.97 Å². The zero-order valence-electron chi connectivity index (χ0n) is 14.2. The molecule has 124 valence electrons. The predicted molar refractivity (Wildman–Crippen MR) is 98.1 cm³/mol. The van der Waals surface area contributed by atoms with Crippen molar-refractivity contribution < 1.29 is 9.90 Å². The molecular formula is C20H32O2. The van der Waals surface area contributed by atoms with Crippen molar-refractivity contribution in [2.45, 2.75) is 58.8 Å². The SMILES string of the molecule is C=CC/C=C/C/C=C/C/C=C/C/C=C/CC.CCCC(=O)O. The summed E-state index contributed by atoms with van der Waals surface area (Å²) in [6.07, 6.45) is 25.7. The highest BCUT2D eigenvalue weighted by atomic mass is 16.4. The van der Waals surface area contributed by atoms with Gasteiger partial charge in [0.2, 0.25) is 0 Å². The molecule has 0 rings (SSSR count). The van der Waals surface area contributed by atoms with Gasteiger partial charge in [0.25, 0.3) is 0 Å². The number of carboxylic acid groups (broad SMARTS) is 1. The van der Waals surface area contributed by atoms with E-state index < -0.39 is 5.97 Å². The smallest absolute Gasteiger partial charge is 0.303 e. The van der Waals surface area contributed by atoms with E-state index in [-0.39, 0.29) is 0 Å². The lowest BCUT2D eigenvalue weighted by atomic mass is 10.2. The maximum atomic E-state index is 9.60. The van der Waals surface area contributed by atoms with Crippen LogP contribution in [0.3, 0.4) is 0 Å². The van der Waals surface area contributed by atoms with Gasteiger partial charge in [-0.1, -0.05) is 68.5 Å². The third-order valence-electron chi connectivity index (χ3n) is 2.49. The molecule has 0 spiro atoms. The van der Waals surface area contributed by atoms with Crippen LogP contribution in [0.25, 0.3) is 0 Å². The first-order chi connectivity index (χ1) is 10.7. The van der Waals surface area contributed by atoms with Crippen molar-refractivity contribution in [2.24, 2.45) is 0 Å². The normalized spacial score (nSPS) is 11.4. The summed E-state index contributed by atoms with van der Waals surface area (Å²) in [5.41, 5.74) is 0. The lowest BCUT2D eigenvalue weighted by molar-refractivity contribution is -0.137. The van der Waals surface area contributed by atoms with Gasteiger partial charge < -0.3 is 5.11 Å². The monoisotopic (exact) mass is 304 g/mol. The van der Waals surface area contributed by atoms with Crippen LogP contribution in [0.1, 0.15) is 58.8 Å². The van der Waals surface area contributed by atoms with E-state index in [1.54, 1.807) is 0 Å². The van der Waals surface area contributed by atoms with E-state index in [1.165, 1.54) is 0 Å². The summed E-state index contributed by atoms with van der Waals surface area (Å²) in [4.78, 5) is 9.60. The number of allylic oxidation sites excluding steroid dienone is 9. The summed E-state index contributed by atoms with van der Waals surface area (Å²) in [5, 5.41) is 7.91. The number of carboxylic acids is 1. The van der Waals surface area contributed by atoms with Crippen molar-refractivity contribution in [3.63, 3.8) is 0 Å². The molecule has 2 nitrogen and oxygen atoms in total. The van der Waals surface area contributed by atoms with Crippen LogP contribution in [0.15, 0.2) is 61.3 Å². The lowest BCUT2D eigenvalue weighted by Gasteiger charge is -1.84. The summed E-state index contributed by atoms with van der Waals surface area (Å²) in [5.74, 6) is -0.711. The molecule has 2 heteroatoms. The van der Waals surface area contributed by atoms with Gasteiger partial charge in [-0.25, -0.2) is 0 Å². The minimum absolute atomic E-state index is 0.292. The molecule has 0 aromatic heterocycles. The van der Waals surface area contributed by atoms with Gasteiger partial charge in [0.1, 0.15) is 0 Å². The fourth-order valence-corrected chi connectivity index (χ4v) is 1.39. The molecule has 0 bridgehead atoms. The molecule has 0 aliphatic carbocycles. The van der Waals surface area contributed by atoms with Crippen LogP contribution >= 0.6 is 0 Å². The van der Waals surface area contributed by atoms with Gasteiger partial charge in [-0.2, -0.15) is 0 Å². The molecule has 0 aromatic rings. The Morgan fingerprint density at radius 2 is 1.23 bits per heavy atom. The van der Waals surface area contributed by atoms with Crippen molar-refractivity contribution in [1.82, 2.24) is 0 Å². The number of carbonyl (C=O) groups is 1. The lowest BCUT2D eigenvalue weighted by Crippen LogP contribution is -1.90. The van der Waals surface area contributed by atoms with Gasteiger partial charge in [-0.15, -0.1) is 6.58 Å². The first kappa shape index (κ1) is 22.5. The van der Waals surface area contributed by atoms with Gasteiger partial charge in [-0.05, 0) is 38.5 Å². The molecular weight excluding hydrogens is 272 g/mol. The summed E-state index contributed by atoms with van der Waals surface area (Å²) in [6, 6.07) is 0. The Kier molecular flexibility index (Phi) is 21.9. The maximum Gasteiger partial charge on any atom is 0.303 e. The first-order valence-corrected chi connectivity index (χ1v) is 8.11. The maximum absolute atomic E-state index is 9.60. The summed E-state index contributed by atoms with van der Waals surface area (Å²) in [7, 11) is 0. The average Bonchev–Trinajstić information content (AvgIpc) is 2.49. The van der Waals surface area contributed by atoms with E-state index in [0.29, 0.717) is 6.42 Å². The zero-order chi connectivity index (χ0) is 16.9. The minimum atomic E-state index is -0.711. The molecule has 1 N–H and O–H groups in total. The van der Waals surface area contributed by atoms with Crippen LogP contribution in [0.2, 0.25) is 0 Å². The fraction of sp³-hybridized carbons (Fsp3) is 0.450. The molecule has 0 radical (unpaired) electrons. The average molecular weight is 304 g/mol. The molecule has 0 amide bonds. The fourth-order valence-electron chi connectivity index (χ4n) is 1.39. The van der Waals surface area contributed by atoms with Crippen LogP contribution in [0.4, 0.5) is 0 Å². The molecule has 0 aliphatic heterocycles. The van der Waals surface area contributed by atoms with Crippen molar-refractivity contribution in [2.75, 3.05) is 0 Å². The summed E-state index contributed by atoms with van der Waals surface area (Å²) in [6.45, 7) is 7.66. The Labute approximate surface area is 136 Å². The number of aliphatic carboxylic acids is 1. The number of hydrogen-bond acceptors (Lipinski definition) is 1. The zero-order valence-corrected chi connectivity index (χ0v) is 14.2. The van der Waals surface area contributed by atoms with Crippen molar-refractivity contribution in [1.29, 1.82) is 0 Å². The van der Waals surface area contributed by atoms with Crippen LogP contribution < -0.4 is 0 Å². The Morgan fingerprint density at radius 3 is 1.50 bits per heavy atom. The van der Waals surface area contributed by atoms with E-state index >= 15 is 0 Å². The van der Waals surface area contributed by atoms with Gasteiger partial charge in [-0.3, -0.25) is 4.79 Å². The highest BCUT2D eigenvalue weighted by molar-refractivity contribution is 5.66. The second-order valence-corrected chi connectivity index (χ2v) is 4.67. The topological polar surface area (TPSA) is 37.3 Å². The molecule has 22 heavy (non-hydrogen) atoms. The standard InChI is InChI=1S/C16H24.C4H8O2/c1-3-5-7-9-11-13-15-16-14-12-10-8-6-4-2;1-2-3-4(5)6/h3,6-9,12-15H,1,4-5,10-11,16H2,2H3;2-3H2,1H3,(H,5,6)/b8-6+,9-7+,14-12+,15-13+;. The second-order valence-electron chi connectivity index (χ2n) is 4.67. The molecule has 0 fully saturated rings. The van der Waals surface area contributed by atoms with E-state index in [9.17, 15) is 4.79 Å². The summed E-state index contributed by atoms with van der Waals surface area (Å²) < 4.78 is 0. The largest absolute Gasteiger partial charge is 0.481 e. The van der Waals surface area contributed by atoms with E-state index in [2.05, 4.69) is 62.1 Å². The van der Waals surface area contributed by atoms with Crippen LogP contribution in [0.5, 0.6) is 0 Å². The molecule has 0 saturated carbocycles. The molecule has 0 aliphatic rings. The molecule has 0 heterocycles. The number of hydrogen-bond donors (Lipinski definition) is 1. The molecule has 0 saturated heterocycles. The molecule has 0 unspecified atom stereocenters. The van der Waals surface area contributed by atoms with Gasteiger partial charge in [0.05, 0.1) is 0 Å². The minimum Gasteiger partial charge on any atom is -0.481 e. The van der Waals surface area contributed by atoms with Gasteiger partial charge in [0.15, 0.2) is 0 Å². The van der Waals surface area contributed by atoms with Crippen LogP contribution in [-0.2, 0) is 4.79 Å². The van der Waals surface area contributed by atoms with E-state index in [1.807, 2.05) is 13.0 Å². The molecule has 0 aromatic carbocycles. The van der Waals surface area contributed by atoms with Crippen molar-refractivity contribution in [3.8, 4) is 0 Å². The van der Waals surface area contributed by atoms with E-state index in [4.69, 9.17) is 5.11 Å². The Bertz CT molecular complexity index is 360. The van der Waals surface area contributed by atoms with E-state index in [0.717, 1.165) is 38.5 Å². The highest BCUT2D eigenvalue weighted by Crippen LogP contribution is 1.94. The third kappa shape index (κ3) is 26.7. The predicted octanol–water partition coefficient (Wildman–Crippen LogP) is 6.24. The number of rotatable bonds is 11. The van der Waals surface area contributed by atoms with Crippen molar-refractivity contribution in [3.05, 3.63) is 61.3 Å². The third-order valence-corrected chi connectivity index (χ3v) is 2.49. The Balaban J connectivity index is 0. The van der Waals surface area contributed by atoms with Crippen LogP contribution in [-0.4, -0.2) is 11.1 Å². The first-order valence-electron chi connectivity index (χ1n) is 8.11. The second kappa shape index (κ2) is 21.5. The van der Waals surface area contributed by atoms with Crippen LogP contribution in [0, 0.1) is 0 Å². The summed E-state index contributed by atoms with van der Waals surface area (Å²) >= 11 is 0. The van der Waals surface area contributed by atoms with Gasteiger partial charge >= 0.3 is 5.97 Å². The quantitative estimate of drug-likeness (QED) is 0.459. The Morgan fingerprint density at radius 1 is 0.818 bits per heavy atom. The molecule has 0 atom stereocenters. The Hall–Kier alpha value is -1.83. The van der Waals surface area contributed by atoms with Gasteiger partial charge in [0, 0.05) is 6.42 Å².